The molecule has 4 nitrogen and oxygen atoms in total. The van der Waals surface area contributed by atoms with Gasteiger partial charge in [0, 0.05) is 37.3 Å². The molecule has 76 valence electrons. The molecule has 1 aromatic rings. The highest BCUT2D eigenvalue weighted by Gasteiger charge is 2.33. The van der Waals surface area contributed by atoms with Crippen molar-refractivity contribution in [1.29, 1.82) is 0 Å². The summed E-state index contributed by atoms with van der Waals surface area (Å²) in [6, 6.07) is 2.00. The standard InChI is InChI=1S/C10H15N3O/c1-10(5-3-9(14)12-10)7-8-4-6-11-13(8)2/h4,6H,3,5,7H2,1-2H3,(H,12,14). The zero-order valence-corrected chi connectivity index (χ0v) is 8.58. The van der Waals surface area contributed by atoms with Gasteiger partial charge in [0.25, 0.3) is 0 Å². The monoisotopic (exact) mass is 193 g/mol. The molecule has 1 atom stereocenters. The molecule has 1 unspecified atom stereocenters. The Bertz CT molecular complexity index is 358. The molecular weight excluding hydrogens is 178 g/mol. The van der Waals surface area contributed by atoms with Crippen LogP contribution >= 0.6 is 0 Å². The third kappa shape index (κ3) is 1.64. The van der Waals surface area contributed by atoms with E-state index in [1.807, 2.05) is 17.8 Å². The number of aromatic nitrogens is 2. The average Bonchev–Trinajstić information content (AvgIpc) is 2.62. The molecular formula is C10H15N3O. The normalized spacial score (nSPS) is 26.6. The molecule has 1 aliphatic rings. The van der Waals surface area contributed by atoms with Crippen molar-refractivity contribution < 1.29 is 4.79 Å². The van der Waals surface area contributed by atoms with Gasteiger partial charge >= 0.3 is 0 Å². The van der Waals surface area contributed by atoms with Gasteiger partial charge in [-0.05, 0) is 19.4 Å². The quantitative estimate of drug-likeness (QED) is 0.749. The second kappa shape index (κ2) is 3.12. The molecule has 14 heavy (non-hydrogen) atoms. The molecule has 0 radical (unpaired) electrons. The molecule has 0 aliphatic carbocycles. The molecule has 0 aromatic carbocycles. The van der Waals surface area contributed by atoms with Crippen LogP contribution in [0.5, 0.6) is 0 Å². The molecule has 0 spiro atoms. The topological polar surface area (TPSA) is 46.9 Å². The molecule has 2 rings (SSSR count). The molecule has 1 fully saturated rings. The van der Waals surface area contributed by atoms with Crippen LogP contribution < -0.4 is 5.32 Å². The molecule has 1 aromatic heterocycles. The summed E-state index contributed by atoms with van der Waals surface area (Å²) in [6.45, 7) is 2.09. The van der Waals surface area contributed by atoms with E-state index in [9.17, 15) is 4.79 Å². The average molecular weight is 193 g/mol. The highest BCUT2D eigenvalue weighted by molar-refractivity contribution is 5.79. The number of nitrogens with zero attached hydrogens (tertiary/aromatic N) is 2. The van der Waals surface area contributed by atoms with E-state index in [4.69, 9.17) is 0 Å². The number of nitrogens with one attached hydrogen (secondary N) is 1. The first-order chi connectivity index (χ1) is 6.59. The Morgan fingerprint density at radius 1 is 1.71 bits per heavy atom. The van der Waals surface area contributed by atoms with Crippen LogP contribution in [0.15, 0.2) is 12.3 Å². The molecule has 1 amide bonds. The smallest absolute Gasteiger partial charge is 0.220 e. The van der Waals surface area contributed by atoms with Crippen molar-refractivity contribution in [2.75, 3.05) is 0 Å². The van der Waals surface area contributed by atoms with Gasteiger partial charge in [-0.2, -0.15) is 5.10 Å². The molecule has 2 heterocycles. The molecule has 1 saturated heterocycles. The number of carbonyl (C=O) groups is 1. The lowest BCUT2D eigenvalue weighted by atomic mass is 9.94. The Morgan fingerprint density at radius 3 is 3.00 bits per heavy atom. The summed E-state index contributed by atoms with van der Waals surface area (Å²) >= 11 is 0. The number of hydrogen-bond donors (Lipinski definition) is 1. The van der Waals surface area contributed by atoms with Crippen molar-refractivity contribution in [3.8, 4) is 0 Å². The van der Waals surface area contributed by atoms with Gasteiger partial charge in [0.2, 0.25) is 5.91 Å². The maximum atomic E-state index is 11.1. The van der Waals surface area contributed by atoms with E-state index in [-0.39, 0.29) is 11.4 Å². The minimum atomic E-state index is -0.0785. The second-order valence-electron chi connectivity index (χ2n) is 4.23. The van der Waals surface area contributed by atoms with Gasteiger partial charge in [-0.1, -0.05) is 0 Å². The summed E-state index contributed by atoms with van der Waals surface area (Å²) in [6.07, 6.45) is 4.20. The van der Waals surface area contributed by atoms with Crippen molar-refractivity contribution >= 4 is 5.91 Å². The largest absolute Gasteiger partial charge is 0.351 e. The zero-order chi connectivity index (χ0) is 10.2. The van der Waals surface area contributed by atoms with E-state index in [0.29, 0.717) is 6.42 Å². The Labute approximate surface area is 83.3 Å². The van der Waals surface area contributed by atoms with Crippen molar-refractivity contribution in [2.45, 2.75) is 31.7 Å². The summed E-state index contributed by atoms with van der Waals surface area (Å²) < 4.78 is 1.86. The minimum absolute atomic E-state index is 0.0785. The van der Waals surface area contributed by atoms with Gasteiger partial charge < -0.3 is 5.32 Å². The summed E-state index contributed by atoms with van der Waals surface area (Å²) in [5.41, 5.74) is 1.08. The van der Waals surface area contributed by atoms with Crippen LogP contribution in [0.25, 0.3) is 0 Å². The van der Waals surface area contributed by atoms with Crippen molar-refractivity contribution in [3.05, 3.63) is 18.0 Å². The van der Waals surface area contributed by atoms with E-state index in [1.165, 1.54) is 0 Å². The molecule has 1 N–H and O–H groups in total. The van der Waals surface area contributed by atoms with Gasteiger partial charge in [-0.15, -0.1) is 0 Å². The third-order valence-electron chi connectivity index (χ3n) is 2.84. The lowest BCUT2D eigenvalue weighted by Gasteiger charge is -2.23. The van der Waals surface area contributed by atoms with E-state index in [0.717, 1.165) is 18.5 Å². The fourth-order valence-electron chi connectivity index (χ4n) is 1.96. The van der Waals surface area contributed by atoms with Gasteiger partial charge in [0.05, 0.1) is 0 Å². The summed E-state index contributed by atoms with van der Waals surface area (Å²) in [5, 5.41) is 7.13. The van der Waals surface area contributed by atoms with Crippen LogP contribution in [0.3, 0.4) is 0 Å². The Kier molecular flexibility index (Phi) is 2.06. The predicted octanol–water partition coefficient (Wildman–Crippen LogP) is 0.631. The van der Waals surface area contributed by atoms with Crippen molar-refractivity contribution in [1.82, 2.24) is 15.1 Å². The molecule has 0 saturated carbocycles. The fraction of sp³-hybridized carbons (Fsp3) is 0.600. The zero-order valence-electron chi connectivity index (χ0n) is 8.58. The van der Waals surface area contributed by atoms with E-state index >= 15 is 0 Å². The number of carbonyl (C=O) groups excluding carboxylic acids is 1. The van der Waals surface area contributed by atoms with E-state index < -0.39 is 0 Å². The molecule has 4 heteroatoms. The highest BCUT2D eigenvalue weighted by atomic mass is 16.2. The van der Waals surface area contributed by atoms with Crippen LogP contribution in [-0.4, -0.2) is 21.2 Å². The first-order valence-electron chi connectivity index (χ1n) is 4.87. The lowest BCUT2D eigenvalue weighted by molar-refractivity contribution is -0.119. The highest BCUT2D eigenvalue weighted by Crippen LogP contribution is 2.23. The van der Waals surface area contributed by atoms with E-state index in [2.05, 4.69) is 17.3 Å². The number of hydrogen-bond acceptors (Lipinski definition) is 2. The van der Waals surface area contributed by atoms with Crippen LogP contribution in [0.1, 0.15) is 25.5 Å². The first-order valence-corrected chi connectivity index (χ1v) is 4.87. The maximum absolute atomic E-state index is 11.1. The Balaban J connectivity index is 2.11. The summed E-state index contributed by atoms with van der Waals surface area (Å²) in [7, 11) is 1.93. The van der Waals surface area contributed by atoms with E-state index in [1.54, 1.807) is 6.20 Å². The SMILES string of the molecule is Cn1nccc1CC1(C)CCC(=O)N1. The van der Waals surface area contributed by atoms with Crippen LogP contribution in [0.4, 0.5) is 0 Å². The minimum Gasteiger partial charge on any atom is -0.351 e. The molecule has 1 aliphatic heterocycles. The van der Waals surface area contributed by atoms with Gasteiger partial charge in [-0.25, -0.2) is 0 Å². The van der Waals surface area contributed by atoms with Gasteiger partial charge in [-0.3, -0.25) is 9.48 Å². The van der Waals surface area contributed by atoms with Crippen LogP contribution in [0.2, 0.25) is 0 Å². The first kappa shape index (κ1) is 9.24. The Hall–Kier alpha value is -1.32. The second-order valence-corrected chi connectivity index (χ2v) is 4.23. The summed E-state index contributed by atoms with van der Waals surface area (Å²) in [5.74, 6) is 0.162. The number of aryl methyl sites for hydroxylation is 1. The molecule has 0 bridgehead atoms. The van der Waals surface area contributed by atoms with Gasteiger partial charge in [0.1, 0.15) is 0 Å². The fourth-order valence-corrected chi connectivity index (χ4v) is 1.96. The number of rotatable bonds is 2. The van der Waals surface area contributed by atoms with Crippen molar-refractivity contribution in [2.24, 2.45) is 7.05 Å². The maximum Gasteiger partial charge on any atom is 0.220 e. The van der Waals surface area contributed by atoms with Gasteiger partial charge in [0.15, 0.2) is 0 Å². The van der Waals surface area contributed by atoms with Crippen LogP contribution in [0, 0.1) is 0 Å². The number of amides is 1. The summed E-state index contributed by atoms with van der Waals surface area (Å²) in [4.78, 5) is 11.1. The predicted molar refractivity (Wildman–Crippen MR) is 52.7 cm³/mol. The lowest BCUT2D eigenvalue weighted by Crippen LogP contribution is -2.40. The van der Waals surface area contributed by atoms with Crippen LogP contribution in [-0.2, 0) is 18.3 Å². The third-order valence-corrected chi connectivity index (χ3v) is 2.84. The van der Waals surface area contributed by atoms with Crippen molar-refractivity contribution in [3.63, 3.8) is 0 Å². The Morgan fingerprint density at radius 2 is 2.50 bits per heavy atom.